The van der Waals surface area contributed by atoms with Gasteiger partial charge in [0.2, 0.25) is 0 Å². The molecule has 1 aromatic heterocycles. The van der Waals surface area contributed by atoms with Gasteiger partial charge in [-0.3, -0.25) is 9.69 Å². The first-order valence-electron chi connectivity index (χ1n) is 9.86. The summed E-state index contributed by atoms with van der Waals surface area (Å²) in [5.74, 6) is 2.68. The normalized spacial score (nSPS) is 18.9. The Bertz CT molecular complexity index is 913. The van der Waals surface area contributed by atoms with Crippen molar-refractivity contribution >= 4 is 29.3 Å². The van der Waals surface area contributed by atoms with Crippen molar-refractivity contribution in [1.82, 2.24) is 10.2 Å². The third-order valence-electron chi connectivity index (χ3n) is 5.26. The summed E-state index contributed by atoms with van der Waals surface area (Å²) in [7, 11) is 1.62. The molecule has 0 unspecified atom stereocenters. The van der Waals surface area contributed by atoms with E-state index in [1.165, 1.54) is 6.42 Å². The van der Waals surface area contributed by atoms with Crippen molar-refractivity contribution in [3.63, 3.8) is 0 Å². The maximum Gasteiger partial charge on any atom is 0.276 e. The van der Waals surface area contributed by atoms with Gasteiger partial charge in [0.25, 0.3) is 5.91 Å². The second-order valence-electron chi connectivity index (χ2n) is 7.22. The van der Waals surface area contributed by atoms with Crippen LogP contribution < -0.4 is 14.8 Å². The highest BCUT2D eigenvalue weighted by Crippen LogP contribution is 2.27. The van der Waals surface area contributed by atoms with Gasteiger partial charge in [-0.25, -0.2) is 0 Å². The van der Waals surface area contributed by atoms with Crippen molar-refractivity contribution < 1.29 is 18.7 Å². The van der Waals surface area contributed by atoms with Gasteiger partial charge in [0, 0.05) is 12.1 Å². The standard InChI is InChI=1S/C22H24N2O4S/c1-26-16-7-9-17(10-8-16)27-14-19-12-11-18(28-19)13-20-21(25)24(22(29)23-20)15-5-3-2-4-6-15/h7-13,15H,2-6,14H2,1H3,(H,23,29)/b20-13+. The maximum absolute atomic E-state index is 12.8. The Balaban J connectivity index is 1.39. The van der Waals surface area contributed by atoms with E-state index in [1.54, 1.807) is 18.1 Å². The van der Waals surface area contributed by atoms with Crippen LogP contribution in [0.3, 0.4) is 0 Å². The van der Waals surface area contributed by atoms with Gasteiger partial charge in [-0.2, -0.15) is 0 Å². The van der Waals surface area contributed by atoms with Gasteiger partial charge in [-0.1, -0.05) is 19.3 Å². The van der Waals surface area contributed by atoms with Crippen LogP contribution in [0.1, 0.15) is 43.6 Å². The van der Waals surface area contributed by atoms with Crippen LogP contribution in [0.25, 0.3) is 6.08 Å². The molecule has 1 saturated heterocycles. The van der Waals surface area contributed by atoms with Gasteiger partial charge in [0.05, 0.1) is 7.11 Å². The van der Waals surface area contributed by atoms with Gasteiger partial charge in [-0.15, -0.1) is 0 Å². The van der Waals surface area contributed by atoms with E-state index < -0.39 is 0 Å². The molecule has 1 N–H and O–H groups in total. The zero-order valence-corrected chi connectivity index (χ0v) is 17.2. The monoisotopic (exact) mass is 412 g/mol. The number of hydrogen-bond donors (Lipinski definition) is 1. The predicted molar refractivity (Wildman–Crippen MR) is 113 cm³/mol. The average molecular weight is 413 g/mol. The molecule has 0 spiro atoms. The quantitative estimate of drug-likeness (QED) is 0.565. The van der Waals surface area contributed by atoms with Crippen molar-refractivity contribution in [2.75, 3.05) is 7.11 Å². The number of nitrogens with one attached hydrogen (secondary N) is 1. The lowest BCUT2D eigenvalue weighted by atomic mass is 9.94. The summed E-state index contributed by atoms with van der Waals surface area (Å²) in [6, 6.07) is 11.2. The Morgan fingerprint density at radius 1 is 1.14 bits per heavy atom. The maximum atomic E-state index is 12.8. The fourth-order valence-electron chi connectivity index (χ4n) is 3.74. The van der Waals surface area contributed by atoms with E-state index in [0.29, 0.717) is 28.9 Å². The lowest BCUT2D eigenvalue weighted by molar-refractivity contribution is -0.124. The lowest BCUT2D eigenvalue weighted by Crippen LogP contribution is -2.41. The van der Waals surface area contributed by atoms with Crippen LogP contribution in [0, 0.1) is 0 Å². The molecule has 7 heteroatoms. The molecule has 2 aliphatic rings. The molecule has 6 nitrogen and oxygen atoms in total. The summed E-state index contributed by atoms with van der Waals surface area (Å²) in [6.07, 6.45) is 7.24. The number of hydrogen-bond acceptors (Lipinski definition) is 5. The van der Waals surface area contributed by atoms with E-state index in [2.05, 4.69) is 5.32 Å². The van der Waals surface area contributed by atoms with Crippen molar-refractivity contribution in [1.29, 1.82) is 0 Å². The molecule has 1 aliphatic carbocycles. The molecule has 0 bridgehead atoms. The molecular weight excluding hydrogens is 388 g/mol. The number of carbonyl (C=O) groups excluding carboxylic acids is 1. The van der Waals surface area contributed by atoms with E-state index in [0.717, 1.165) is 37.2 Å². The number of carbonyl (C=O) groups is 1. The SMILES string of the molecule is COc1ccc(OCc2ccc(/C=C3/NC(=S)N(C4CCCCC4)C3=O)o2)cc1. The zero-order valence-electron chi connectivity index (χ0n) is 16.3. The molecule has 0 atom stereocenters. The second-order valence-corrected chi connectivity index (χ2v) is 7.61. The predicted octanol–water partition coefficient (Wildman–Crippen LogP) is 4.26. The Morgan fingerprint density at radius 3 is 2.59 bits per heavy atom. The highest BCUT2D eigenvalue weighted by atomic mass is 32.1. The molecule has 1 amide bonds. The minimum atomic E-state index is -0.0747. The van der Waals surface area contributed by atoms with E-state index in [9.17, 15) is 4.79 Å². The smallest absolute Gasteiger partial charge is 0.276 e. The highest BCUT2D eigenvalue weighted by Gasteiger charge is 2.36. The summed E-state index contributed by atoms with van der Waals surface area (Å²) in [6.45, 7) is 0.295. The summed E-state index contributed by atoms with van der Waals surface area (Å²) < 4.78 is 16.7. The Morgan fingerprint density at radius 2 is 1.86 bits per heavy atom. The Labute approximate surface area is 175 Å². The number of ether oxygens (including phenoxy) is 2. The number of benzene rings is 1. The van der Waals surface area contributed by atoms with Gasteiger partial charge < -0.3 is 19.2 Å². The largest absolute Gasteiger partial charge is 0.497 e. The van der Waals surface area contributed by atoms with Crippen LogP contribution in [0.2, 0.25) is 0 Å². The lowest BCUT2D eigenvalue weighted by Gasteiger charge is -2.29. The minimum absolute atomic E-state index is 0.0747. The molecule has 29 heavy (non-hydrogen) atoms. The number of nitrogens with zero attached hydrogens (tertiary/aromatic N) is 1. The first-order chi connectivity index (χ1) is 14.1. The number of furan rings is 1. The van der Waals surface area contributed by atoms with Crippen LogP contribution in [0.15, 0.2) is 46.5 Å². The van der Waals surface area contributed by atoms with Gasteiger partial charge in [0.15, 0.2) is 5.11 Å². The first-order valence-corrected chi connectivity index (χ1v) is 10.3. The van der Waals surface area contributed by atoms with Crippen molar-refractivity contribution in [2.24, 2.45) is 0 Å². The second kappa shape index (κ2) is 8.69. The molecule has 4 rings (SSSR count). The van der Waals surface area contributed by atoms with Crippen LogP contribution in [-0.2, 0) is 11.4 Å². The van der Waals surface area contributed by atoms with Gasteiger partial charge >= 0.3 is 0 Å². The van der Waals surface area contributed by atoms with Crippen LogP contribution in [0.4, 0.5) is 0 Å². The van der Waals surface area contributed by atoms with Gasteiger partial charge in [-0.05, 0) is 61.5 Å². The fraction of sp³-hybridized carbons (Fsp3) is 0.364. The highest BCUT2D eigenvalue weighted by molar-refractivity contribution is 7.80. The molecule has 2 heterocycles. The van der Waals surface area contributed by atoms with Crippen molar-refractivity contribution in [2.45, 2.75) is 44.8 Å². The van der Waals surface area contributed by atoms with Crippen LogP contribution in [-0.4, -0.2) is 29.1 Å². The summed E-state index contributed by atoms with van der Waals surface area (Å²) in [5.41, 5.74) is 0.456. The number of methoxy groups -OCH3 is 1. The van der Waals surface area contributed by atoms with Crippen molar-refractivity contribution in [3.8, 4) is 11.5 Å². The van der Waals surface area contributed by atoms with E-state index >= 15 is 0 Å². The molecule has 1 saturated carbocycles. The summed E-state index contributed by atoms with van der Waals surface area (Å²) in [4.78, 5) is 14.6. The number of rotatable bonds is 6. The first kappa shape index (κ1) is 19.5. The zero-order chi connectivity index (χ0) is 20.2. The van der Waals surface area contributed by atoms with Crippen LogP contribution >= 0.6 is 12.2 Å². The summed E-state index contributed by atoms with van der Waals surface area (Å²) >= 11 is 5.40. The van der Waals surface area contributed by atoms with Crippen molar-refractivity contribution in [3.05, 3.63) is 53.6 Å². The number of thiocarbonyl (C=S) groups is 1. The Kier molecular flexibility index (Phi) is 5.85. The third-order valence-corrected chi connectivity index (χ3v) is 5.56. The average Bonchev–Trinajstić information content (AvgIpc) is 3.31. The van der Waals surface area contributed by atoms with Crippen LogP contribution in [0.5, 0.6) is 11.5 Å². The van der Waals surface area contributed by atoms with E-state index in [-0.39, 0.29) is 11.9 Å². The molecule has 152 valence electrons. The summed E-state index contributed by atoms with van der Waals surface area (Å²) in [5, 5.41) is 3.53. The molecule has 2 fully saturated rings. The van der Waals surface area contributed by atoms with E-state index in [1.807, 2.05) is 36.4 Å². The molecule has 2 aromatic rings. The molecule has 1 aliphatic heterocycles. The fourth-order valence-corrected chi connectivity index (χ4v) is 4.08. The van der Waals surface area contributed by atoms with E-state index in [4.69, 9.17) is 26.1 Å². The topological polar surface area (TPSA) is 63.9 Å². The minimum Gasteiger partial charge on any atom is -0.497 e. The van der Waals surface area contributed by atoms with Gasteiger partial charge in [0.1, 0.15) is 35.3 Å². The Hall–Kier alpha value is -2.80. The third kappa shape index (κ3) is 4.45. The number of amides is 1. The molecule has 0 radical (unpaired) electrons. The molecule has 1 aromatic carbocycles. The molecular formula is C22H24N2O4S.